The van der Waals surface area contributed by atoms with E-state index in [1.807, 2.05) is 0 Å². The minimum absolute atomic E-state index is 0.0240. The predicted octanol–water partition coefficient (Wildman–Crippen LogP) is 2.28. The molecule has 0 heterocycles. The molecule has 0 radical (unpaired) electrons. The van der Waals surface area contributed by atoms with Crippen LogP contribution in [0.2, 0.25) is 5.02 Å². The Bertz CT molecular complexity index is 503. The van der Waals surface area contributed by atoms with Crippen LogP contribution in [0.15, 0.2) is 18.2 Å². The fourth-order valence-corrected chi connectivity index (χ4v) is 1.56. The zero-order chi connectivity index (χ0) is 14.6. The molecule has 0 aliphatic carbocycles. The highest BCUT2D eigenvalue weighted by atomic mass is 35.5. The summed E-state index contributed by atoms with van der Waals surface area (Å²) >= 11 is 5.70. The summed E-state index contributed by atoms with van der Waals surface area (Å²) in [5.41, 5.74) is -0.734. The smallest absolute Gasteiger partial charge is 0.311 e. The molecule has 1 rings (SSSR count). The number of carbonyl (C=O) groups is 2. The highest BCUT2D eigenvalue weighted by Gasteiger charge is 2.31. The number of nitrogens with one attached hydrogen (secondary N) is 1. The number of hydrogen-bond donors (Lipinski definition) is 3. The molecule has 0 saturated carbocycles. The molecule has 6 heteroatoms. The van der Waals surface area contributed by atoms with Gasteiger partial charge in [0.25, 0.3) is 5.91 Å². The van der Waals surface area contributed by atoms with Crippen molar-refractivity contribution in [1.29, 1.82) is 0 Å². The molecule has 5 nitrogen and oxygen atoms in total. The van der Waals surface area contributed by atoms with Crippen LogP contribution in [0.4, 0.5) is 0 Å². The molecular formula is C13H16ClNO4. The number of amides is 1. The van der Waals surface area contributed by atoms with Crippen LogP contribution in [-0.2, 0) is 4.79 Å². The first-order chi connectivity index (χ1) is 8.80. The fourth-order valence-electron chi connectivity index (χ4n) is 1.38. The van der Waals surface area contributed by atoms with Crippen LogP contribution in [-0.4, -0.2) is 28.6 Å². The number of aromatic hydroxyl groups is 1. The number of phenols is 1. The quantitative estimate of drug-likeness (QED) is 0.774. The van der Waals surface area contributed by atoms with Crippen molar-refractivity contribution in [1.82, 2.24) is 5.32 Å². The van der Waals surface area contributed by atoms with Crippen molar-refractivity contribution in [2.45, 2.75) is 20.3 Å². The summed E-state index contributed by atoms with van der Waals surface area (Å²) in [5.74, 6) is -1.50. The normalized spacial score (nSPS) is 13.6. The molecule has 0 saturated heterocycles. The van der Waals surface area contributed by atoms with Crippen molar-refractivity contribution in [2.75, 3.05) is 6.54 Å². The lowest BCUT2D eigenvalue weighted by atomic mass is 9.87. The van der Waals surface area contributed by atoms with Gasteiger partial charge in [0.2, 0.25) is 0 Å². The summed E-state index contributed by atoms with van der Waals surface area (Å²) in [7, 11) is 0. The number of benzene rings is 1. The maximum Gasteiger partial charge on any atom is 0.311 e. The van der Waals surface area contributed by atoms with Gasteiger partial charge in [0, 0.05) is 12.1 Å². The molecule has 19 heavy (non-hydrogen) atoms. The molecule has 0 aromatic heterocycles. The number of phenolic OH excluding ortho intramolecular Hbond substituents is 1. The predicted molar refractivity (Wildman–Crippen MR) is 71.5 cm³/mol. The Morgan fingerprint density at radius 1 is 1.42 bits per heavy atom. The molecule has 1 aromatic carbocycles. The molecule has 0 aliphatic rings. The minimum atomic E-state index is -1.00. The first-order valence-corrected chi connectivity index (χ1v) is 6.18. The summed E-state index contributed by atoms with van der Waals surface area (Å²) in [6.07, 6.45) is 0.402. The van der Waals surface area contributed by atoms with Crippen LogP contribution in [0.25, 0.3) is 0 Å². The largest absolute Gasteiger partial charge is 0.506 e. The summed E-state index contributed by atoms with van der Waals surface area (Å²) in [6, 6.07) is 4.06. The lowest BCUT2D eigenvalue weighted by Crippen LogP contribution is -2.40. The zero-order valence-corrected chi connectivity index (χ0v) is 11.5. The zero-order valence-electron chi connectivity index (χ0n) is 10.7. The van der Waals surface area contributed by atoms with Crippen molar-refractivity contribution >= 4 is 23.5 Å². The topological polar surface area (TPSA) is 86.6 Å². The van der Waals surface area contributed by atoms with Crippen LogP contribution in [0.1, 0.15) is 30.6 Å². The van der Waals surface area contributed by atoms with Crippen molar-refractivity contribution in [3.63, 3.8) is 0 Å². The molecule has 0 bridgehead atoms. The van der Waals surface area contributed by atoms with Gasteiger partial charge in [0.05, 0.1) is 10.4 Å². The Balaban J connectivity index is 2.75. The summed E-state index contributed by atoms with van der Waals surface area (Å²) in [5, 5.41) is 21.0. The molecular weight excluding hydrogens is 270 g/mol. The third kappa shape index (κ3) is 3.61. The van der Waals surface area contributed by atoms with Crippen molar-refractivity contribution in [3.05, 3.63) is 28.8 Å². The van der Waals surface area contributed by atoms with Crippen LogP contribution in [0.5, 0.6) is 5.75 Å². The van der Waals surface area contributed by atoms with Crippen LogP contribution in [0, 0.1) is 5.41 Å². The second kappa shape index (κ2) is 5.93. The van der Waals surface area contributed by atoms with Gasteiger partial charge < -0.3 is 15.5 Å². The van der Waals surface area contributed by atoms with Crippen LogP contribution in [0.3, 0.4) is 0 Å². The number of aliphatic carboxylic acids is 1. The van der Waals surface area contributed by atoms with Gasteiger partial charge in [0.1, 0.15) is 5.75 Å². The van der Waals surface area contributed by atoms with Crippen molar-refractivity contribution < 1.29 is 19.8 Å². The van der Waals surface area contributed by atoms with Crippen molar-refractivity contribution in [2.24, 2.45) is 5.41 Å². The SMILES string of the molecule is CCC(C)(CNC(=O)c1ccc(O)c(Cl)c1)C(=O)O. The maximum absolute atomic E-state index is 11.8. The Kier molecular flexibility index (Phi) is 4.78. The molecule has 0 spiro atoms. The van der Waals surface area contributed by atoms with Crippen LogP contribution >= 0.6 is 11.6 Å². The Hall–Kier alpha value is -1.75. The highest BCUT2D eigenvalue weighted by Crippen LogP contribution is 2.24. The number of hydrogen-bond acceptors (Lipinski definition) is 3. The van der Waals surface area contributed by atoms with Gasteiger partial charge in [-0.15, -0.1) is 0 Å². The van der Waals surface area contributed by atoms with Gasteiger partial charge in [-0.05, 0) is 31.5 Å². The standard InChI is InChI=1S/C13H16ClNO4/c1-3-13(2,12(18)19)7-15-11(17)8-4-5-10(16)9(14)6-8/h4-6,16H,3,7H2,1-2H3,(H,15,17)(H,18,19). The number of carboxylic acids is 1. The second-order valence-corrected chi connectivity index (χ2v) is 4.98. The third-order valence-electron chi connectivity index (χ3n) is 3.15. The molecule has 0 fully saturated rings. The highest BCUT2D eigenvalue weighted by molar-refractivity contribution is 6.32. The van der Waals surface area contributed by atoms with Gasteiger partial charge in [-0.1, -0.05) is 18.5 Å². The van der Waals surface area contributed by atoms with Gasteiger partial charge >= 0.3 is 5.97 Å². The number of carboxylic acid groups (broad SMARTS) is 1. The Morgan fingerprint density at radius 3 is 2.53 bits per heavy atom. The van der Waals surface area contributed by atoms with E-state index in [4.69, 9.17) is 16.7 Å². The summed E-state index contributed by atoms with van der Waals surface area (Å²) in [6.45, 7) is 3.34. The van der Waals surface area contributed by atoms with E-state index in [1.54, 1.807) is 13.8 Å². The first-order valence-electron chi connectivity index (χ1n) is 5.80. The van der Waals surface area contributed by atoms with E-state index in [-0.39, 0.29) is 22.9 Å². The molecule has 1 atom stereocenters. The molecule has 1 aromatic rings. The van der Waals surface area contributed by atoms with E-state index < -0.39 is 17.3 Å². The fraction of sp³-hybridized carbons (Fsp3) is 0.385. The molecule has 1 amide bonds. The van der Waals surface area contributed by atoms with E-state index in [1.165, 1.54) is 18.2 Å². The van der Waals surface area contributed by atoms with E-state index in [0.29, 0.717) is 6.42 Å². The van der Waals surface area contributed by atoms with E-state index in [0.717, 1.165) is 0 Å². The molecule has 104 valence electrons. The number of rotatable bonds is 5. The summed E-state index contributed by atoms with van der Waals surface area (Å²) < 4.78 is 0. The number of halogens is 1. The maximum atomic E-state index is 11.8. The average molecular weight is 286 g/mol. The van der Waals surface area contributed by atoms with Crippen LogP contribution < -0.4 is 5.32 Å². The lowest BCUT2D eigenvalue weighted by Gasteiger charge is -2.23. The average Bonchev–Trinajstić information content (AvgIpc) is 2.38. The minimum Gasteiger partial charge on any atom is -0.506 e. The lowest BCUT2D eigenvalue weighted by molar-refractivity contribution is -0.147. The van der Waals surface area contributed by atoms with Gasteiger partial charge in [0.15, 0.2) is 0 Å². The number of carbonyl (C=O) groups excluding carboxylic acids is 1. The molecule has 1 unspecified atom stereocenters. The first kappa shape index (κ1) is 15.3. The Labute approximate surface area is 116 Å². The van der Waals surface area contributed by atoms with E-state index in [2.05, 4.69) is 5.32 Å². The second-order valence-electron chi connectivity index (χ2n) is 4.57. The molecule has 3 N–H and O–H groups in total. The van der Waals surface area contributed by atoms with E-state index in [9.17, 15) is 14.7 Å². The van der Waals surface area contributed by atoms with Gasteiger partial charge in [-0.3, -0.25) is 9.59 Å². The summed E-state index contributed by atoms with van der Waals surface area (Å²) in [4.78, 5) is 22.9. The molecule has 0 aliphatic heterocycles. The Morgan fingerprint density at radius 2 is 2.05 bits per heavy atom. The van der Waals surface area contributed by atoms with Crippen molar-refractivity contribution in [3.8, 4) is 5.75 Å². The van der Waals surface area contributed by atoms with Gasteiger partial charge in [-0.25, -0.2) is 0 Å². The van der Waals surface area contributed by atoms with E-state index >= 15 is 0 Å². The van der Waals surface area contributed by atoms with Gasteiger partial charge in [-0.2, -0.15) is 0 Å². The third-order valence-corrected chi connectivity index (χ3v) is 3.45. The monoisotopic (exact) mass is 285 g/mol.